The van der Waals surface area contributed by atoms with E-state index in [1.807, 2.05) is 19.9 Å². The van der Waals surface area contributed by atoms with Gasteiger partial charge in [-0.05, 0) is 50.5 Å². The van der Waals surface area contributed by atoms with E-state index in [9.17, 15) is 4.79 Å². The van der Waals surface area contributed by atoms with E-state index in [1.54, 1.807) is 13.0 Å². The average molecular weight is 236 g/mol. The number of benzene rings is 1. The average Bonchev–Trinajstić information content (AvgIpc) is 2.31. The molecule has 0 atom stereocenters. The minimum Gasteiger partial charge on any atom is -0.493 e. The molecule has 1 aromatic carbocycles. The number of carbonyl (C=O) groups excluding carboxylic acids is 1. The third-order valence-electron chi connectivity index (χ3n) is 2.69. The Kier molecular flexibility index (Phi) is 5.01. The van der Waals surface area contributed by atoms with Gasteiger partial charge in [-0.2, -0.15) is 0 Å². The molecule has 0 amide bonds. The molecule has 1 aromatic rings. The van der Waals surface area contributed by atoms with Gasteiger partial charge in [-0.1, -0.05) is 6.92 Å². The summed E-state index contributed by atoms with van der Waals surface area (Å²) in [5.74, 6) is 0.576. The molecule has 0 heterocycles. The van der Waals surface area contributed by atoms with Crippen molar-refractivity contribution in [3.8, 4) is 5.75 Å². The highest BCUT2D eigenvalue weighted by atomic mass is 16.5. The maximum Gasteiger partial charge on any atom is 0.338 e. The Bertz CT molecular complexity index is 397. The van der Waals surface area contributed by atoms with Crippen LogP contribution in [0.25, 0.3) is 0 Å². The van der Waals surface area contributed by atoms with Crippen molar-refractivity contribution in [3.05, 3.63) is 28.8 Å². The second-order valence-electron chi connectivity index (χ2n) is 3.93. The Morgan fingerprint density at radius 1 is 1.18 bits per heavy atom. The molecule has 0 aliphatic carbocycles. The molecule has 0 saturated heterocycles. The molecule has 0 saturated carbocycles. The number of esters is 1. The van der Waals surface area contributed by atoms with Crippen LogP contribution < -0.4 is 4.74 Å². The highest BCUT2D eigenvalue weighted by Gasteiger charge is 2.14. The van der Waals surface area contributed by atoms with Crippen molar-refractivity contribution in [2.24, 2.45) is 0 Å². The van der Waals surface area contributed by atoms with Crippen molar-refractivity contribution in [1.29, 1.82) is 0 Å². The van der Waals surface area contributed by atoms with E-state index in [0.717, 1.165) is 23.3 Å². The molecule has 1 rings (SSSR count). The zero-order valence-corrected chi connectivity index (χ0v) is 11.0. The van der Waals surface area contributed by atoms with Crippen LogP contribution in [0.2, 0.25) is 0 Å². The Morgan fingerprint density at radius 2 is 1.88 bits per heavy atom. The van der Waals surface area contributed by atoms with Crippen LogP contribution in [0.1, 0.15) is 41.8 Å². The highest BCUT2D eigenvalue weighted by Crippen LogP contribution is 2.24. The van der Waals surface area contributed by atoms with Crippen molar-refractivity contribution in [1.82, 2.24) is 0 Å². The van der Waals surface area contributed by atoms with Crippen LogP contribution in [0.5, 0.6) is 5.75 Å². The largest absolute Gasteiger partial charge is 0.493 e. The molecule has 0 aliphatic rings. The standard InChI is InChI=1S/C14H20O3/c1-5-9-17-13-8-7-12(10(3)11(13)4)14(15)16-6-2/h7-8H,5-6,9H2,1-4H3. The van der Waals surface area contributed by atoms with E-state index in [4.69, 9.17) is 9.47 Å². The molecule has 0 bridgehead atoms. The van der Waals surface area contributed by atoms with E-state index in [-0.39, 0.29) is 5.97 Å². The second kappa shape index (κ2) is 6.28. The maximum atomic E-state index is 11.7. The first-order valence-corrected chi connectivity index (χ1v) is 6.01. The summed E-state index contributed by atoms with van der Waals surface area (Å²) in [7, 11) is 0. The van der Waals surface area contributed by atoms with E-state index in [2.05, 4.69) is 6.92 Å². The lowest BCUT2D eigenvalue weighted by Gasteiger charge is -2.13. The minimum atomic E-state index is -0.268. The predicted octanol–water partition coefficient (Wildman–Crippen LogP) is 3.27. The molecule has 17 heavy (non-hydrogen) atoms. The summed E-state index contributed by atoms with van der Waals surface area (Å²) in [6.45, 7) is 8.84. The highest BCUT2D eigenvalue weighted by molar-refractivity contribution is 5.91. The minimum absolute atomic E-state index is 0.268. The molecule has 0 N–H and O–H groups in total. The van der Waals surface area contributed by atoms with E-state index >= 15 is 0 Å². The molecule has 0 fully saturated rings. The lowest BCUT2D eigenvalue weighted by molar-refractivity contribution is 0.0525. The molecular formula is C14H20O3. The molecule has 94 valence electrons. The fraction of sp³-hybridized carbons (Fsp3) is 0.500. The van der Waals surface area contributed by atoms with Gasteiger partial charge in [0.15, 0.2) is 0 Å². The predicted molar refractivity (Wildman–Crippen MR) is 67.7 cm³/mol. The molecule has 0 aliphatic heterocycles. The van der Waals surface area contributed by atoms with Crippen molar-refractivity contribution < 1.29 is 14.3 Å². The first-order valence-electron chi connectivity index (χ1n) is 6.01. The van der Waals surface area contributed by atoms with Gasteiger partial charge in [0.1, 0.15) is 5.75 Å². The zero-order chi connectivity index (χ0) is 12.8. The van der Waals surface area contributed by atoms with Crippen LogP contribution in [-0.4, -0.2) is 19.2 Å². The molecule has 0 spiro atoms. The van der Waals surface area contributed by atoms with Gasteiger partial charge in [0, 0.05) is 0 Å². The Hall–Kier alpha value is -1.51. The summed E-state index contributed by atoms with van der Waals surface area (Å²) in [5.41, 5.74) is 2.55. The van der Waals surface area contributed by atoms with Crippen LogP contribution in [0.15, 0.2) is 12.1 Å². The lowest BCUT2D eigenvalue weighted by atomic mass is 10.0. The lowest BCUT2D eigenvalue weighted by Crippen LogP contribution is -2.08. The summed E-state index contributed by atoms with van der Waals surface area (Å²) < 4.78 is 10.6. The quantitative estimate of drug-likeness (QED) is 0.736. The molecule has 3 nitrogen and oxygen atoms in total. The van der Waals surface area contributed by atoms with Gasteiger partial charge in [0.05, 0.1) is 18.8 Å². The van der Waals surface area contributed by atoms with E-state index in [0.29, 0.717) is 18.8 Å². The van der Waals surface area contributed by atoms with E-state index < -0.39 is 0 Å². The maximum absolute atomic E-state index is 11.7. The summed E-state index contributed by atoms with van der Waals surface area (Å²) >= 11 is 0. The van der Waals surface area contributed by atoms with Crippen LogP contribution in [0.3, 0.4) is 0 Å². The Labute approximate surface area is 103 Å². The first kappa shape index (κ1) is 13.6. The third kappa shape index (κ3) is 3.22. The van der Waals surface area contributed by atoms with Crippen molar-refractivity contribution in [2.45, 2.75) is 34.1 Å². The van der Waals surface area contributed by atoms with Crippen molar-refractivity contribution in [2.75, 3.05) is 13.2 Å². The Balaban J connectivity index is 2.97. The zero-order valence-electron chi connectivity index (χ0n) is 11.0. The third-order valence-corrected chi connectivity index (χ3v) is 2.69. The molecule has 0 unspecified atom stereocenters. The Morgan fingerprint density at radius 3 is 2.47 bits per heavy atom. The van der Waals surface area contributed by atoms with Crippen LogP contribution in [-0.2, 0) is 4.74 Å². The topological polar surface area (TPSA) is 35.5 Å². The van der Waals surface area contributed by atoms with Gasteiger partial charge in [0.25, 0.3) is 0 Å². The molecule has 3 heteroatoms. The monoisotopic (exact) mass is 236 g/mol. The van der Waals surface area contributed by atoms with Crippen LogP contribution >= 0.6 is 0 Å². The molecular weight excluding hydrogens is 216 g/mol. The number of carbonyl (C=O) groups is 1. The van der Waals surface area contributed by atoms with Gasteiger partial charge in [-0.3, -0.25) is 0 Å². The molecule has 0 aromatic heterocycles. The number of hydrogen-bond acceptors (Lipinski definition) is 3. The van der Waals surface area contributed by atoms with Gasteiger partial charge >= 0.3 is 5.97 Å². The smallest absolute Gasteiger partial charge is 0.338 e. The number of hydrogen-bond donors (Lipinski definition) is 0. The normalized spacial score (nSPS) is 10.1. The summed E-state index contributed by atoms with van der Waals surface area (Å²) in [5, 5.41) is 0. The van der Waals surface area contributed by atoms with Gasteiger partial charge in [-0.25, -0.2) is 4.79 Å². The second-order valence-corrected chi connectivity index (χ2v) is 3.93. The molecule has 0 radical (unpaired) electrons. The summed E-state index contributed by atoms with van der Waals surface area (Å²) in [6.07, 6.45) is 0.970. The van der Waals surface area contributed by atoms with Crippen molar-refractivity contribution >= 4 is 5.97 Å². The van der Waals surface area contributed by atoms with Crippen LogP contribution in [0.4, 0.5) is 0 Å². The van der Waals surface area contributed by atoms with Gasteiger partial charge in [0.2, 0.25) is 0 Å². The summed E-state index contributed by atoms with van der Waals surface area (Å²) in [4.78, 5) is 11.7. The fourth-order valence-corrected chi connectivity index (χ4v) is 1.59. The number of rotatable bonds is 5. The number of ether oxygens (including phenoxy) is 2. The van der Waals surface area contributed by atoms with Crippen molar-refractivity contribution in [3.63, 3.8) is 0 Å². The van der Waals surface area contributed by atoms with Gasteiger partial charge in [-0.15, -0.1) is 0 Å². The SMILES string of the molecule is CCCOc1ccc(C(=O)OCC)c(C)c1C. The van der Waals surface area contributed by atoms with Crippen LogP contribution in [0, 0.1) is 13.8 Å². The summed E-state index contributed by atoms with van der Waals surface area (Å²) in [6, 6.07) is 3.61. The first-order chi connectivity index (χ1) is 8.11. The fourth-order valence-electron chi connectivity index (χ4n) is 1.59. The van der Waals surface area contributed by atoms with E-state index in [1.165, 1.54) is 0 Å². The van der Waals surface area contributed by atoms with Gasteiger partial charge < -0.3 is 9.47 Å².